The summed E-state index contributed by atoms with van der Waals surface area (Å²) in [6.07, 6.45) is -0.970. The largest absolute Gasteiger partial charge is 0.380 e. The van der Waals surface area contributed by atoms with E-state index in [1.807, 2.05) is 48.5 Å². The highest BCUT2D eigenvalue weighted by molar-refractivity contribution is 5.98. The van der Waals surface area contributed by atoms with E-state index in [2.05, 4.69) is 11.8 Å². The zero-order chi connectivity index (χ0) is 14.4. The lowest BCUT2D eigenvalue weighted by atomic mass is 9.94. The number of ketones is 1. The van der Waals surface area contributed by atoms with Crippen molar-refractivity contribution in [1.29, 1.82) is 0 Å². The van der Waals surface area contributed by atoms with Crippen molar-refractivity contribution in [3.8, 4) is 11.8 Å². The number of aliphatic hydroxyl groups excluding tert-OH is 1. The lowest BCUT2D eigenvalue weighted by Gasteiger charge is -2.12. The molecule has 0 bridgehead atoms. The number of hydrogen-bond donors (Lipinski definition) is 1. The van der Waals surface area contributed by atoms with Crippen molar-refractivity contribution in [1.82, 2.24) is 0 Å². The van der Waals surface area contributed by atoms with Gasteiger partial charge in [0.15, 0.2) is 5.78 Å². The molecule has 0 heterocycles. The van der Waals surface area contributed by atoms with Gasteiger partial charge in [0.2, 0.25) is 0 Å². The number of benzene rings is 2. The minimum absolute atomic E-state index is 0.0968. The molecular formula is C18H16O2. The molecular weight excluding hydrogens is 248 g/mol. The molecule has 0 saturated heterocycles. The third kappa shape index (κ3) is 3.57. The normalized spacial score (nSPS) is 12.9. The Balaban J connectivity index is 2.08. The summed E-state index contributed by atoms with van der Waals surface area (Å²) in [5.74, 6) is 4.97. The average Bonchev–Trinajstić information content (AvgIpc) is 2.53. The fourth-order valence-corrected chi connectivity index (χ4v) is 1.81. The van der Waals surface area contributed by atoms with Gasteiger partial charge in [-0.2, -0.15) is 0 Å². The van der Waals surface area contributed by atoms with E-state index in [1.54, 1.807) is 19.1 Å². The molecule has 0 unspecified atom stereocenters. The summed E-state index contributed by atoms with van der Waals surface area (Å²) in [4.78, 5) is 12.2. The van der Waals surface area contributed by atoms with Gasteiger partial charge in [-0.1, -0.05) is 67.3 Å². The molecule has 20 heavy (non-hydrogen) atoms. The topological polar surface area (TPSA) is 37.3 Å². The number of hydrogen-bond acceptors (Lipinski definition) is 2. The molecule has 0 radical (unpaired) electrons. The maximum absolute atomic E-state index is 12.2. The van der Waals surface area contributed by atoms with E-state index in [-0.39, 0.29) is 5.78 Å². The summed E-state index contributed by atoms with van der Waals surface area (Å²) >= 11 is 0. The van der Waals surface area contributed by atoms with Gasteiger partial charge >= 0.3 is 0 Å². The van der Waals surface area contributed by atoms with Gasteiger partial charge in [-0.3, -0.25) is 4.79 Å². The van der Waals surface area contributed by atoms with Crippen LogP contribution in [0.1, 0.15) is 22.8 Å². The van der Waals surface area contributed by atoms with Crippen molar-refractivity contribution in [3.63, 3.8) is 0 Å². The Morgan fingerprint density at radius 3 is 2.15 bits per heavy atom. The molecule has 2 nitrogen and oxygen atoms in total. The standard InChI is InChI=1S/C18H16O2/c1-14(18(20)16-10-6-3-7-11-16)17(19)13-12-15-8-4-2-5-9-15/h2-11,14,17,19H,1H3/t14-,17+/m1/s1. The molecule has 0 aliphatic carbocycles. The van der Waals surface area contributed by atoms with E-state index in [4.69, 9.17) is 0 Å². The van der Waals surface area contributed by atoms with Crippen LogP contribution in [0.3, 0.4) is 0 Å². The van der Waals surface area contributed by atoms with E-state index >= 15 is 0 Å². The SMILES string of the molecule is C[C@@H](C(=O)c1ccccc1)[C@@H](O)C#Cc1ccccc1. The Kier molecular flexibility index (Phi) is 4.70. The van der Waals surface area contributed by atoms with Crippen LogP contribution in [0.5, 0.6) is 0 Å². The molecule has 0 saturated carbocycles. The summed E-state index contributed by atoms with van der Waals surface area (Å²) in [6.45, 7) is 1.69. The van der Waals surface area contributed by atoms with Crippen molar-refractivity contribution in [3.05, 3.63) is 71.8 Å². The molecule has 0 amide bonds. The molecule has 0 aliphatic heterocycles. The first-order chi connectivity index (χ1) is 9.68. The van der Waals surface area contributed by atoms with Crippen LogP contribution >= 0.6 is 0 Å². The van der Waals surface area contributed by atoms with E-state index in [0.29, 0.717) is 5.56 Å². The van der Waals surface area contributed by atoms with E-state index < -0.39 is 12.0 Å². The second-order valence-electron chi connectivity index (χ2n) is 4.60. The van der Waals surface area contributed by atoms with E-state index in [9.17, 15) is 9.90 Å². The van der Waals surface area contributed by atoms with Crippen LogP contribution in [0.25, 0.3) is 0 Å². The van der Waals surface area contributed by atoms with Gasteiger partial charge < -0.3 is 5.11 Å². The van der Waals surface area contributed by atoms with Crippen molar-refractivity contribution in [2.75, 3.05) is 0 Å². The van der Waals surface area contributed by atoms with Crippen molar-refractivity contribution in [2.45, 2.75) is 13.0 Å². The second-order valence-corrected chi connectivity index (χ2v) is 4.60. The molecule has 2 atom stereocenters. The number of carbonyl (C=O) groups excluding carboxylic acids is 1. The fourth-order valence-electron chi connectivity index (χ4n) is 1.81. The number of aliphatic hydroxyl groups is 1. The highest BCUT2D eigenvalue weighted by Gasteiger charge is 2.21. The lowest BCUT2D eigenvalue weighted by Crippen LogP contribution is -2.24. The van der Waals surface area contributed by atoms with Gasteiger partial charge in [0.05, 0.1) is 5.92 Å². The third-order valence-electron chi connectivity index (χ3n) is 3.08. The van der Waals surface area contributed by atoms with E-state index in [1.165, 1.54) is 0 Å². The van der Waals surface area contributed by atoms with Gasteiger partial charge in [0, 0.05) is 11.1 Å². The predicted molar refractivity (Wildman–Crippen MR) is 79.3 cm³/mol. The van der Waals surface area contributed by atoms with Crippen LogP contribution in [0.15, 0.2) is 60.7 Å². The average molecular weight is 264 g/mol. The molecule has 0 aromatic heterocycles. The summed E-state index contributed by atoms with van der Waals surface area (Å²) in [5.41, 5.74) is 1.42. The van der Waals surface area contributed by atoms with Gasteiger partial charge in [-0.25, -0.2) is 0 Å². The molecule has 2 heteroatoms. The molecule has 0 spiro atoms. The van der Waals surface area contributed by atoms with E-state index in [0.717, 1.165) is 5.56 Å². The van der Waals surface area contributed by atoms with Crippen LogP contribution in [0.4, 0.5) is 0 Å². The van der Waals surface area contributed by atoms with Gasteiger partial charge in [-0.05, 0) is 12.1 Å². The van der Waals surface area contributed by atoms with Gasteiger partial charge in [0.25, 0.3) is 0 Å². The van der Waals surface area contributed by atoms with Crippen LogP contribution in [0, 0.1) is 17.8 Å². The monoisotopic (exact) mass is 264 g/mol. The zero-order valence-electron chi connectivity index (χ0n) is 11.3. The van der Waals surface area contributed by atoms with Crippen LogP contribution in [0.2, 0.25) is 0 Å². The molecule has 2 aromatic carbocycles. The highest BCUT2D eigenvalue weighted by atomic mass is 16.3. The Morgan fingerprint density at radius 1 is 1.00 bits per heavy atom. The van der Waals surface area contributed by atoms with Crippen molar-refractivity contribution in [2.24, 2.45) is 5.92 Å². The van der Waals surface area contributed by atoms with Crippen LogP contribution < -0.4 is 0 Å². The Morgan fingerprint density at radius 2 is 1.55 bits per heavy atom. The molecule has 2 aromatic rings. The minimum atomic E-state index is -0.970. The number of rotatable bonds is 3. The maximum Gasteiger partial charge on any atom is 0.169 e. The fraction of sp³-hybridized carbons (Fsp3) is 0.167. The second kappa shape index (κ2) is 6.70. The molecule has 2 rings (SSSR count). The Bertz CT molecular complexity index is 621. The first-order valence-electron chi connectivity index (χ1n) is 6.52. The number of carbonyl (C=O) groups is 1. The molecule has 1 N–H and O–H groups in total. The highest BCUT2D eigenvalue weighted by Crippen LogP contribution is 2.12. The Labute approximate surface area is 119 Å². The zero-order valence-corrected chi connectivity index (χ0v) is 11.3. The maximum atomic E-state index is 12.2. The number of Topliss-reactive ketones (excluding diaryl/α,β-unsaturated/α-hetero) is 1. The molecule has 0 aliphatic rings. The van der Waals surface area contributed by atoms with Gasteiger partial charge in [0.1, 0.15) is 6.10 Å². The molecule has 0 fully saturated rings. The van der Waals surface area contributed by atoms with Crippen LogP contribution in [-0.4, -0.2) is 17.0 Å². The quantitative estimate of drug-likeness (QED) is 0.683. The smallest absolute Gasteiger partial charge is 0.169 e. The third-order valence-corrected chi connectivity index (χ3v) is 3.08. The Hall–Kier alpha value is -2.37. The summed E-state index contributed by atoms with van der Waals surface area (Å²) in [7, 11) is 0. The minimum Gasteiger partial charge on any atom is -0.380 e. The van der Waals surface area contributed by atoms with Crippen LogP contribution in [-0.2, 0) is 0 Å². The summed E-state index contributed by atoms with van der Waals surface area (Å²) < 4.78 is 0. The molecule has 100 valence electrons. The first-order valence-corrected chi connectivity index (χ1v) is 6.52. The summed E-state index contributed by atoms with van der Waals surface area (Å²) in [5, 5.41) is 10.0. The lowest BCUT2D eigenvalue weighted by molar-refractivity contribution is 0.0817. The van der Waals surface area contributed by atoms with Crippen molar-refractivity contribution >= 4 is 5.78 Å². The summed E-state index contributed by atoms with van der Waals surface area (Å²) in [6, 6.07) is 18.4. The van der Waals surface area contributed by atoms with Crippen molar-refractivity contribution < 1.29 is 9.90 Å². The van der Waals surface area contributed by atoms with Gasteiger partial charge in [-0.15, -0.1) is 0 Å². The predicted octanol–water partition coefficient (Wildman–Crippen LogP) is 2.92. The first kappa shape index (κ1) is 14.0.